The van der Waals surface area contributed by atoms with E-state index in [0.717, 1.165) is 14.8 Å². The van der Waals surface area contributed by atoms with E-state index in [0.29, 0.717) is 0 Å². The molecular weight excluding hydrogens is 277 g/mol. The van der Waals surface area contributed by atoms with Crippen LogP contribution >= 0.6 is 22.6 Å². The van der Waals surface area contributed by atoms with E-state index in [-0.39, 0.29) is 11.7 Å². The molecule has 1 unspecified atom stereocenters. The third kappa shape index (κ3) is 1.52. The average molecular weight is 285 g/mol. The number of hydrogen-bond acceptors (Lipinski definition) is 2. The molecule has 0 saturated heterocycles. The summed E-state index contributed by atoms with van der Waals surface area (Å²) in [7, 11) is 0. The standard InChI is InChI=1S/C10H8INO/c1-6-5-12-9-3-2-7(11)4-8(9)10(6)13/h2-6H,1H3. The van der Waals surface area contributed by atoms with Crippen LogP contribution in [-0.2, 0) is 0 Å². The lowest BCUT2D eigenvalue weighted by Gasteiger charge is -2.13. The van der Waals surface area contributed by atoms with Crippen LogP contribution in [0.25, 0.3) is 0 Å². The van der Waals surface area contributed by atoms with Gasteiger partial charge in [0.1, 0.15) is 0 Å². The first-order chi connectivity index (χ1) is 6.18. The van der Waals surface area contributed by atoms with Crippen LogP contribution in [0.3, 0.4) is 0 Å². The molecule has 1 heterocycles. The van der Waals surface area contributed by atoms with Crippen molar-refractivity contribution in [2.75, 3.05) is 0 Å². The Morgan fingerprint density at radius 2 is 2.23 bits per heavy atom. The van der Waals surface area contributed by atoms with Gasteiger partial charge < -0.3 is 0 Å². The van der Waals surface area contributed by atoms with Crippen molar-refractivity contribution in [1.29, 1.82) is 0 Å². The minimum atomic E-state index is -0.0781. The Bertz CT molecular complexity index is 398. The zero-order valence-electron chi connectivity index (χ0n) is 7.12. The van der Waals surface area contributed by atoms with Gasteiger partial charge in [-0.1, -0.05) is 6.92 Å². The van der Waals surface area contributed by atoms with Crippen LogP contribution in [-0.4, -0.2) is 12.0 Å². The third-order valence-corrected chi connectivity index (χ3v) is 2.75. The number of ketones is 1. The molecule has 0 aliphatic carbocycles. The Morgan fingerprint density at radius 1 is 1.46 bits per heavy atom. The van der Waals surface area contributed by atoms with Crippen molar-refractivity contribution in [2.45, 2.75) is 6.92 Å². The second kappa shape index (κ2) is 3.21. The minimum absolute atomic E-state index is 0.0781. The van der Waals surface area contributed by atoms with Crippen LogP contribution in [0.4, 0.5) is 5.69 Å². The Hall–Kier alpha value is -0.710. The van der Waals surface area contributed by atoms with Crippen LogP contribution in [0.2, 0.25) is 0 Å². The molecule has 0 aromatic heterocycles. The van der Waals surface area contributed by atoms with E-state index in [4.69, 9.17) is 0 Å². The molecule has 3 heteroatoms. The van der Waals surface area contributed by atoms with Crippen molar-refractivity contribution in [3.63, 3.8) is 0 Å². The Kier molecular flexibility index (Phi) is 2.19. The van der Waals surface area contributed by atoms with Crippen molar-refractivity contribution in [2.24, 2.45) is 10.9 Å². The highest BCUT2D eigenvalue weighted by atomic mass is 127. The van der Waals surface area contributed by atoms with E-state index in [9.17, 15) is 4.79 Å². The van der Waals surface area contributed by atoms with Gasteiger partial charge in [0.2, 0.25) is 0 Å². The van der Waals surface area contributed by atoms with Crippen molar-refractivity contribution in [3.05, 3.63) is 27.3 Å². The number of rotatable bonds is 0. The van der Waals surface area contributed by atoms with E-state index >= 15 is 0 Å². The molecule has 0 bridgehead atoms. The van der Waals surface area contributed by atoms with Crippen LogP contribution < -0.4 is 0 Å². The summed E-state index contributed by atoms with van der Waals surface area (Å²) in [5.74, 6) is 0.0919. The average Bonchev–Trinajstić information content (AvgIpc) is 2.12. The number of halogens is 1. The zero-order chi connectivity index (χ0) is 9.42. The summed E-state index contributed by atoms with van der Waals surface area (Å²) in [6.45, 7) is 1.87. The predicted octanol–water partition coefficient (Wildman–Crippen LogP) is 2.83. The monoisotopic (exact) mass is 285 g/mol. The lowest BCUT2D eigenvalue weighted by molar-refractivity contribution is 0.0962. The molecule has 1 aliphatic heterocycles. The molecule has 66 valence electrons. The Morgan fingerprint density at radius 3 is 3.00 bits per heavy atom. The first-order valence-electron chi connectivity index (χ1n) is 4.06. The van der Waals surface area contributed by atoms with Gasteiger partial charge in [0.05, 0.1) is 11.6 Å². The zero-order valence-corrected chi connectivity index (χ0v) is 9.28. The van der Waals surface area contributed by atoms with Gasteiger partial charge in [0.25, 0.3) is 0 Å². The first kappa shape index (κ1) is 8.87. The first-order valence-corrected chi connectivity index (χ1v) is 5.14. The largest absolute Gasteiger partial charge is 0.293 e. The van der Waals surface area contributed by atoms with Crippen molar-refractivity contribution < 1.29 is 4.79 Å². The number of nitrogens with zero attached hydrogens (tertiary/aromatic N) is 1. The maximum atomic E-state index is 11.7. The molecule has 2 nitrogen and oxygen atoms in total. The van der Waals surface area contributed by atoms with Crippen molar-refractivity contribution in [3.8, 4) is 0 Å². The van der Waals surface area contributed by atoms with Crippen LogP contribution in [0.1, 0.15) is 17.3 Å². The summed E-state index contributed by atoms with van der Waals surface area (Å²) in [6, 6.07) is 5.74. The molecule has 0 fully saturated rings. The molecule has 13 heavy (non-hydrogen) atoms. The molecular formula is C10H8INO. The summed E-state index contributed by atoms with van der Waals surface area (Å²) >= 11 is 2.20. The fourth-order valence-electron chi connectivity index (χ4n) is 1.32. The smallest absolute Gasteiger partial charge is 0.173 e. The van der Waals surface area contributed by atoms with Crippen molar-refractivity contribution >= 4 is 40.3 Å². The summed E-state index contributed by atoms with van der Waals surface area (Å²) in [4.78, 5) is 15.9. The second-order valence-corrected chi connectivity index (χ2v) is 4.34. The number of Topliss-reactive ketones (excluding diaryl/α,β-unsaturated/α-hetero) is 1. The molecule has 0 N–H and O–H groups in total. The van der Waals surface area contributed by atoms with Gasteiger partial charge in [-0.3, -0.25) is 9.79 Å². The van der Waals surface area contributed by atoms with Gasteiger partial charge in [-0.05, 0) is 40.8 Å². The summed E-state index contributed by atoms with van der Waals surface area (Å²) in [6.07, 6.45) is 1.71. The molecule has 1 aliphatic rings. The van der Waals surface area contributed by atoms with Gasteiger partial charge in [-0.2, -0.15) is 0 Å². The van der Waals surface area contributed by atoms with Crippen LogP contribution in [0.5, 0.6) is 0 Å². The van der Waals surface area contributed by atoms with E-state index in [2.05, 4.69) is 27.6 Å². The van der Waals surface area contributed by atoms with Gasteiger partial charge in [0, 0.05) is 15.3 Å². The normalized spacial score (nSPS) is 20.2. The SMILES string of the molecule is CC1C=Nc2ccc(I)cc2C1=O. The lowest BCUT2D eigenvalue weighted by atomic mass is 9.96. The molecule has 1 aromatic carbocycles. The van der Waals surface area contributed by atoms with Gasteiger partial charge in [0.15, 0.2) is 5.78 Å². The molecule has 1 atom stereocenters. The lowest BCUT2D eigenvalue weighted by Crippen LogP contribution is -2.16. The van der Waals surface area contributed by atoms with E-state index < -0.39 is 0 Å². The summed E-state index contributed by atoms with van der Waals surface area (Å²) in [5, 5.41) is 0. The number of benzene rings is 1. The van der Waals surface area contributed by atoms with E-state index in [1.54, 1.807) is 6.21 Å². The highest BCUT2D eigenvalue weighted by Gasteiger charge is 2.20. The Labute approximate surface area is 90.2 Å². The number of hydrogen-bond donors (Lipinski definition) is 0. The fourth-order valence-corrected chi connectivity index (χ4v) is 1.81. The Balaban J connectivity index is 2.60. The van der Waals surface area contributed by atoms with Gasteiger partial charge >= 0.3 is 0 Å². The molecule has 0 amide bonds. The number of carbonyl (C=O) groups is 1. The highest BCUT2D eigenvalue weighted by Crippen LogP contribution is 2.27. The van der Waals surface area contributed by atoms with Gasteiger partial charge in [-0.25, -0.2) is 0 Å². The molecule has 0 spiro atoms. The number of fused-ring (bicyclic) bond motifs is 1. The second-order valence-electron chi connectivity index (χ2n) is 3.09. The fraction of sp³-hybridized carbons (Fsp3) is 0.200. The van der Waals surface area contributed by atoms with Crippen LogP contribution in [0, 0.1) is 9.49 Å². The number of aliphatic imine (C=N–C) groups is 1. The maximum Gasteiger partial charge on any atom is 0.173 e. The quantitative estimate of drug-likeness (QED) is 0.674. The van der Waals surface area contributed by atoms with Crippen molar-refractivity contribution in [1.82, 2.24) is 0 Å². The maximum absolute atomic E-state index is 11.7. The highest BCUT2D eigenvalue weighted by molar-refractivity contribution is 14.1. The molecule has 0 radical (unpaired) electrons. The molecule has 0 saturated carbocycles. The van der Waals surface area contributed by atoms with Gasteiger partial charge in [-0.15, -0.1) is 0 Å². The predicted molar refractivity (Wildman–Crippen MR) is 60.8 cm³/mol. The summed E-state index contributed by atoms with van der Waals surface area (Å²) < 4.78 is 1.08. The third-order valence-electron chi connectivity index (χ3n) is 2.07. The minimum Gasteiger partial charge on any atom is -0.293 e. The van der Waals surface area contributed by atoms with E-state index in [1.807, 2.05) is 25.1 Å². The van der Waals surface area contributed by atoms with Crippen LogP contribution in [0.15, 0.2) is 23.2 Å². The molecule has 2 rings (SSSR count). The van der Waals surface area contributed by atoms with E-state index in [1.165, 1.54) is 0 Å². The summed E-state index contributed by atoms with van der Waals surface area (Å²) in [5.41, 5.74) is 1.55. The number of carbonyl (C=O) groups excluding carboxylic acids is 1. The molecule has 1 aromatic rings. The topological polar surface area (TPSA) is 29.4 Å².